The van der Waals surface area contributed by atoms with Gasteiger partial charge in [-0.05, 0) is 70.4 Å². The normalized spacial score (nSPS) is 11.7. The molecule has 0 aliphatic carbocycles. The van der Waals surface area contributed by atoms with Gasteiger partial charge < -0.3 is 9.32 Å². The fourth-order valence-electron chi connectivity index (χ4n) is 6.44. The summed E-state index contributed by atoms with van der Waals surface area (Å²) in [5.74, 6) is 0. The molecule has 9 rings (SSSR count). The van der Waals surface area contributed by atoms with E-state index in [9.17, 15) is 0 Å². The van der Waals surface area contributed by atoms with E-state index in [-0.39, 0.29) is 0 Å². The molecule has 0 saturated heterocycles. The Hall–Kier alpha value is -5.38. The maximum atomic E-state index is 6.26. The highest BCUT2D eigenvalue weighted by molar-refractivity contribution is 7.26. The van der Waals surface area contributed by atoms with Crippen LogP contribution in [0.15, 0.2) is 156 Å². The van der Waals surface area contributed by atoms with Crippen LogP contribution in [0, 0.1) is 0 Å². The van der Waals surface area contributed by atoms with Gasteiger partial charge in [-0.15, -0.1) is 11.3 Å². The van der Waals surface area contributed by atoms with Gasteiger partial charge in [-0.2, -0.15) is 0 Å². The van der Waals surface area contributed by atoms with Crippen LogP contribution in [0.4, 0.5) is 17.1 Å². The highest BCUT2D eigenvalue weighted by atomic mass is 32.1. The van der Waals surface area contributed by atoms with Crippen molar-refractivity contribution in [3.8, 4) is 11.1 Å². The lowest BCUT2D eigenvalue weighted by Crippen LogP contribution is -2.10. The molecule has 0 fully saturated rings. The van der Waals surface area contributed by atoms with Crippen LogP contribution in [-0.2, 0) is 0 Å². The Bertz CT molecular complexity index is 2450. The molecule has 0 radical (unpaired) electrons. The first-order chi connectivity index (χ1) is 21.3. The largest absolute Gasteiger partial charge is 0.456 e. The van der Waals surface area contributed by atoms with E-state index < -0.39 is 0 Å². The van der Waals surface area contributed by atoms with Crippen molar-refractivity contribution in [1.29, 1.82) is 0 Å². The Kier molecular flexibility index (Phi) is 5.40. The number of thiophene rings is 1. The minimum Gasteiger partial charge on any atom is -0.456 e. The topological polar surface area (TPSA) is 16.4 Å². The van der Waals surface area contributed by atoms with E-state index in [1.54, 1.807) is 0 Å². The first-order valence-electron chi connectivity index (χ1n) is 14.5. The van der Waals surface area contributed by atoms with Crippen molar-refractivity contribution in [2.45, 2.75) is 0 Å². The summed E-state index contributed by atoms with van der Waals surface area (Å²) < 4.78 is 8.85. The summed E-state index contributed by atoms with van der Waals surface area (Å²) in [6.45, 7) is 0. The Labute approximate surface area is 252 Å². The first-order valence-corrected chi connectivity index (χ1v) is 15.3. The minimum absolute atomic E-state index is 0.913. The molecule has 0 atom stereocenters. The van der Waals surface area contributed by atoms with Gasteiger partial charge >= 0.3 is 0 Å². The molecule has 2 aromatic heterocycles. The van der Waals surface area contributed by atoms with Crippen molar-refractivity contribution in [3.05, 3.63) is 152 Å². The predicted octanol–water partition coefficient (Wildman–Crippen LogP) is 12.2. The summed E-state index contributed by atoms with van der Waals surface area (Å²) in [6, 6.07) is 54.3. The average molecular weight is 568 g/mol. The van der Waals surface area contributed by atoms with E-state index in [2.05, 4.69) is 144 Å². The third-order valence-corrected chi connectivity index (χ3v) is 9.67. The molecule has 0 saturated carbocycles. The van der Waals surface area contributed by atoms with Crippen LogP contribution >= 0.6 is 11.3 Å². The number of furan rings is 1. The Morgan fingerprint density at radius 2 is 1.16 bits per heavy atom. The molecular formula is C40H25NOS. The van der Waals surface area contributed by atoms with Crippen molar-refractivity contribution in [3.63, 3.8) is 0 Å². The predicted molar refractivity (Wildman–Crippen MR) is 184 cm³/mol. The van der Waals surface area contributed by atoms with Crippen LogP contribution in [-0.4, -0.2) is 0 Å². The van der Waals surface area contributed by atoms with E-state index in [1.807, 2.05) is 23.5 Å². The second kappa shape index (κ2) is 9.59. The average Bonchev–Trinajstić information content (AvgIpc) is 3.65. The third-order valence-electron chi connectivity index (χ3n) is 8.46. The lowest BCUT2D eigenvalue weighted by Gasteiger charge is -2.26. The summed E-state index contributed by atoms with van der Waals surface area (Å²) in [5, 5.41) is 7.28. The Morgan fingerprint density at radius 1 is 0.465 bits per heavy atom. The van der Waals surface area contributed by atoms with Crippen LogP contribution in [0.5, 0.6) is 0 Å². The van der Waals surface area contributed by atoms with Gasteiger partial charge in [0.25, 0.3) is 0 Å². The number of hydrogen-bond acceptors (Lipinski definition) is 3. The second-order valence-corrected chi connectivity index (χ2v) is 12.0. The van der Waals surface area contributed by atoms with Crippen LogP contribution in [0.1, 0.15) is 0 Å². The summed E-state index contributed by atoms with van der Waals surface area (Å²) in [6.07, 6.45) is 0. The van der Waals surface area contributed by atoms with Crippen molar-refractivity contribution in [2.24, 2.45) is 0 Å². The zero-order valence-corrected chi connectivity index (χ0v) is 24.0. The van der Waals surface area contributed by atoms with Crippen LogP contribution in [0.2, 0.25) is 0 Å². The molecule has 7 aromatic carbocycles. The number of anilines is 3. The van der Waals surface area contributed by atoms with Crippen molar-refractivity contribution >= 4 is 81.3 Å². The maximum absolute atomic E-state index is 6.26. The van der Waals surface area contributed by atoms with Gasteiger partial charge in [0, 0.05) is 37.6 Å². The molecule has 3 heteroatoms. The first kappa shape index (κ1) is 24.2. The van der Waals surface area contributed by atoms with Crippen molar-refractivity contribution in [2.75, 3.05) is 4.90 Å². The fraction of sp³-hybridized carbons (Fsp3) is 0. The third kappa shape index (κ3) is 3.86. The van der Waals surface area contributed by atoms with Crippen molar-refractivity contribution in [1.82, 2.24) is 0 Å². The molecule has 43 heavy (non-hydrogen) atoms. The molecule has 2 nitrogen and oxygen atoms in total. The smallest absolute Gasteiger partial charge is 0.136 e. The monoisotopic (exact) mass is 567 g/mol. The quantitative estimate of drug-likeness (QED) is 0.210. The van der Waals surface area contributed by atoms with Gasteiger partial charge in [-0.25, -0.2) is 0 Å². The van der Waals surface area contributed by atoms with Gasteiger partial charge in [0.1, 0.15) is 11.2 Å². The summed E-state index contributed by atoms with van der Waals surface area (Å²) in [7, 11) is 0. The molecule has 0 N–H and O–H groups in total. The Morgan fingerprint density at radius 3 is 2.05 bits per heavy atom. The molecule has 202 valence electrons. The molecule has 0 amide bonds. The molecule has 0 bridgehead atoms. The van der Waals surface area contributed by atoms with Crippen LogP contribution < -0.4 is 4.90 Å². The molecule has 9 aromatic rings. The molecule has 0 spiro atoms. The molecule has 0 aliphatic heterocycles. The van der Waals surface area contributed by atoms with Gasteiger partial charge in [0.2, 0.25) is 0 Å². The van der Waals surface area contributed by atoms with Gasteiger partial charge in [-0.1, -0.05) is 103 Å². The minimum atomic E-state index is 0.913. The van der Waals surface area contributed by atoms with Gasteiger partial charge in [-0.3, -0.25) is 0 Å². The highest BCUT2D eigenvalue weighted by Crippen LogP contribution is 2.46. The number of fused-ring (bicyclic) bond motifs is 8. The lowest BCUT2D eigenvalue weighted by molar-refractivity contribution is 0.669. The van der Waals surface area contributed by atoms with E-state index in [0.717, 1.165) is 33.3 Å². The van der Waals surface area contributed by atoms with E-state index in [4.69, 9.17) is 4.42 Å². The van der Waals surface area contributed by atoms with Crippen molar-refractivity contribution < 1.29 is 4.42 Å². The summed E-state index contributed by atoms with van der Waals surface area (Å²) in [5.41, 5.74) is 7.65. The standard InChI is InChI=1S/C40H25NOS/c1-2-9-26(10-3-1)27-17-21-29(22-18-27)41(35-14-8-13-32-31-11-5-7-16-38(31)43-40(32)35)30-23-19-28-20-24-37-39(34(28)25-30)33-12-4-6-15-36(33)42-37/h1-25H. The number of benzene rings is 7. The fourth-order valence-corrected chi connectivity index (χ4v) is 7.65. The summed E-state index contributed by atoms with van der Waals surface area (Å²) >= 11 is 1.86. The molecule has 2 heterocycles. The second-order valence-electron chi connectivity index (χ2n) is 10.9. The number of para-hydroxylation sites is 1. The molecule has 0 unspecified atom stereocenters. The van der Waals surface area contributed by atoms with E-state index in [1.165, 1.54) is 47.8 Å². The zero-order valence-electron chi connectivity index (χ0n) is 23.2. The lowest BCUT2D eigenvalue weighted by atomic mass is 10.0. The van der Waals surface area contributed by atoms with E-state index in [0.29, 0.717) is 0 Å². The van der Waals surface area contributed by atoms with Gasteiger partial charge in [0.05, 0.1) is 10.4 Å². The molecule has 0 aliphatic rings. The zero-order chi connectivity index (χ0) is 28.3. The summed E-state index contributed by atoms with van der Waals surface area (Å²) in [4.78, 5) is 2.41. The number of rotatable bonds is 4. The number of nitrogens with zero attached hydrogens (tertiary/aromatic N) is 1. The van der Waals surface area contributed by atoms with Crippen LogP contribution in [0.3, 0.4) is 0 Å². The Balaban J connectivity index is 1.31. The van der Waals surface area contributed by atoms with E-state index >= 15 is 0 Å². The van der Waals surface area contributed by atoms with Gasteiger partial charge in [0.15, 0.2) is 0 Å². The molecular weight excluding hydrogens is 543 g/mol. The highest BCUT2D eigenvalue weighted by Gasteiger charge is 2.19. The number of hydrogen-bond donors (Lipinski definition) is 0. The van der Waals surface area contributed by atoms with Crippen LogP contribution in [0.25, 0.3) is 64.0 Å². The maximum Gasteiger partial charge on any atom is 0.136 e. The SMILES string of the molecule is c1ccc(-c2ccc(N(c3ccc4ccc5oc6ccccc6c5c4c3)c3cccc4c3sc3ccccc34)cc2)cc1.